The first-order valence-corrected chi connectivity index (χ1v) is 7.71. The first-order chi connectivity index (χ1) is 9.74. The van der Waals surface area contributed by atoms with Crippen LogP contribution in [0, 0.1) is 0 Å². The highest BCUT2D eigenvalue weighted by molar-refractivity contribution is 5.74. The molecule has 1 aliphatic heterocycles. The van der Waals surface area contributed by atoms with E-state index in [9.17, 15) is 4.79 Å². The number of carbonyl (C=O) groups excluding carboxylic acids is 1. The maximum Gasteiger partial charge on any atom is 0.219 e. The zero-order chi connectivity index (χ0) is 13.9. The summed E-state index contributed by atoms with van der Waals surface area (Å²) in [6.45, 7) is 5.83. The third-order valence-electron chi connectivity index (χ3n) is 4.50. The second kappa shape index (κ2) is 5.95. The van der Waals surface area contributed by atoms with Gasteiger partial charge in [-0.2, -0.15) is 0 Å². The van der Waals surface area contributed by atoms with Crippen LogP contribution in [-0.2, 0) is 11.3 Å². The van der Waals surface area contributed by atoms with E-state index in [2.05, 4.69) is 19.4 Å². The van der Waals surface area contributed by atoms with Gasteiger partial charge in [-0.1, -0.05) is 0 Å². The second-order valence-corrected chi connectivity index (χ2v) is 6.04. The molecule has 0 spiro atoms. The summed E-state index contributed by atoms with van der Waals surface area (Å²) in [4.78, 5) is 20.5. The van der Waals surface area contributed by atoms with Crippen LogP contribution in [0.1, 0.15) is 32.6 Å². The van der Waals surface area contributed by atoms with Gasteiger partial charge in [-0.05, 0) is 32.2 Å². The molecule has 1 aromatic rings. The number of hydrogen-bond acceptors (Lipinski definition) is 3. The molecule has 1 saturated carbocycles. The van der Waals surface area contributed by atoms with Crippen LogP contribution < -0.4 is 0 Å². The molecule has 2 fully saturated rings. The van der Waals surface area contributed by atoms with Crippen molar-refractivity contribution >= 4 is 5.91 Å². The Kier molecular flexibility index (Phi) is 4.05. The summed E-state index contributed by atoms with van der Waals surface area (Å²) < 4.78 is 2.12. The molecule has 1 atom stereocenters. The maximum atomic E-state index is 11.8. The van der Waals surface area contributed by atoms with Gasteiger partial charge < -0.3 is 9.47 Å². The van der Waals surface area contributed by atoms with Crippen LogP contribution in [-0.4, -0.2) is 57.0 Å². The van der Waals surface area contributed by atoms with E-state index in [0.717, 1.165) is 26.2 Å². The molecule has 2 heterocycles. The smallest absolute Gasteiger partial charge is 0.219 e. The lowest BCUT2D eigenvalue weighted by molar-refractivity contribution is -0.130. The number of hydrogen-bond donors (Lipinski definition) is 0. The molecule has 0 radical (unpaired) electrons. The molecule has 0 aromatic carbocycles. The molecule has 20 heavy (non-hydrogen) atoms. The summed E-state index contributed by atoms with van der Waals surface area (Å²) in [5.74, 6) is 0.244. The maximum absolute atomic E-state index is 11.8. The topological polar surface area (TPSA) is 41.4 Å². The average Bonchev–Trinajstić information content (AvgIpc) is 2.96. The molecule has 0 bridgehead atoms. The lowest BCUT2D eigenvalue weighted by Crippen LogP contribution is -2.44. The largest absolute Gasteiger partial charge is 0.338 e. The molecule has 1 saturated heterocycles. The van der Waals surface area contributed by atoms with Gasteiger partial charge >= 0.3 is 0 Å². The van der Waals surface area contributed by atoms with Gasteiger partial charge in [0.25, 0.3) is 0 Å². The van der Waals surface area contributed by atoms with Gasteiger partial charge in [0.15, 0.2) is 0 Å². The van der Waals surface area contributed by atoms with Crippen molar-refractivity contribution in [1.82, 2.24) is 19.4 Å². The minimum absolute atomic E-state index is 0.244. The predicted octanol–water partition coefficient (Wildman–Crippen LogP) is 1.36. The van der Waals surface area contributed by atoms with E-state index in [0.29, 0.717) is 12.1 Å². The average molecular weight is 276 g/mol. The van der Waals surface area contributed by atoms with Gasteiger partial charge in [0, 0.05) is 51.0 Å². The number of aromatic nitrogens is 2. The quantitative estimate of drug-likeness (QED) is 0.788. The molecule has 5 nitrogen and oxygen atoms in total. The van der Waals surface area contributed by atoms with E-state index in [1.807, 2.05) is 18.7 Å². The van der Waals surface area contributed by atoms with Crippen molar-refractivity contribution in [1.29, 1.82) is 0 Å². The van der Waals surface area contributed by atoms with Crippen molar-refractivity contribution in [3.63, 3.8) is 0 Å². The Morgan fingerprint density at radius 3 is 2.85 bits per heavy atom. The minimum Gasteiger partial charge on any atom is -0.338 e. The number of likely N-dealkylation sites (tertiary alicyclic amines) is 1. The van der Waals surface area contributed by atoms with Gasteiger partial charge in [0.05, 0.1) is 6.33 Å². The molecule has 0 unspecified atom stereocenters. The fourth-order valence-corrected chi connectivity index (χ4v) is 3.21. The number of nitrogens with zero attached hydrogens (tertiary/aromatic N) is 4. The van der Waals surface area contributed by atoms with Crippen molar-refractivity contribution in [3.05, 3.63) is 18.7 Å². The van der Waals surface area contributed by atoms with E-state index in [4.69, 9.17) is 0 Å². The minimum atomic E-state index is 0.244. The summed E-state index contributed by atoms with van der Waals surface area (Å²) in [6.07, 6.45) is 10.6. The van der Waals surface area contributed by atoms with Crippen LogP contribution in [0.4, 0.5) is 0 Å². The van der Waals surface area contributed by atoms with Crippen molar-refractivity contribution < 1.29 is 4.79 Å². The number of rotatable bonds is 6. The first-order valence-electron chi connectivity index (χ1n) is 7.71. The third-order valence-corrected chi connectivity index (χ3v) is 4.50. The highest BCUT2D eigenvalue weighted by Crippen LogP contribution is 2.29. The Morgan fingerprint density at radius 2 is 2.20 bits per heavy atom. The van der Waals surface area contributed by atoms with Gasteiger partial charge in [0.2, 0.25) is 5.91 Å². The monoisotopic (exact) mass is 276 g/mol. The van der Waals surface area contributed by atoms with Gasteiger partial charge in [-0.15, -0.1) is 0 Å². The number of amides is 1. The lowest BCUT2D eigenvalue weighted by atomic mass is 10.2. The molecule has 2 aliphatic rings. The molecule has 3 rings (SSSR count). The summed E-state index contributed by atoms with van der Waals surface area (Å²) in [6, 6.07) is 1.08. The highest BCUT2D eigenvalue weighted by atomic mass is 16.2. The fourth-order valence-electron chi connectivity index (χ4n) is 3.21. The lowest BCUT2D eigenvalue weighted by Gasteiger charge is -2.30. The predicted molar refractivity (Wildman–Crippen MR) is 77.2 cm³/mol. The Hall–Kier alpha value is -1.36. The molecule has 0 N–H and O–H groups in total. The normalized spacial score (nSPS) is 23.1. The van der Waals surface area contributed by atoms with Crippen LogP contribution in [0.15, 0.2) is 18.7 Å². The van der Waals surface area contributed by atoms with Gasteiger partial charge in [-0.25, -0.2) is 4.98 Å². The summed E-state index contributed by atoms with van der Waals surface area (Å²) >= 11 is 0. The summed E-state index contributed by atoms with van der Waals surface area (Å²) in [5, 5.41) is 0. The molecule has 110 valence electrons. The SMILES string of the molecule is CC(=O)N(C[C@H]1CCCN1CCn1ccnc1)C1CC1. The highest BCUT2D eigenvalue weighted by Gasteiger charge is 2.34. The van der Waals surface area contributed by atoms with Gasteiger partial charge in [0.1, 0.15) is 0 Å². The number of imidazole rings is 1. The molecule has 1 amide bonds. The van der Waals surface area contributed by atoms with Crippen molar-refractivity contribution in [2.45, 2.75) is 51.2 Å². The number of carbonyl (C=O) groups is 1. The molecule has 1 aliphatic carbocycles. The summed E-state index contributed by atoms with van der Waals surface area (Å²) in [7, 11) is 0. The van der Waals surface area contributed by atoms with Crippen molar-refractivity contribution in [2.75, 3.05) is 19.6 Å². The summed E-state index contributed by atoms with van der Waals surface area (Å²) in [5.41, 5.74) is 0. The van der Waals surface area contributed by atoms with Crippen LogP contribution >= 0.6 is 0 Å². The van der Waals surface area contributed by atoms with E-state index >= 15 is 0 Å². The first kappa shape index (κ1) is 13.6. The van der Waals surface area contributed by atoms with Crippen molar-refractivity contribution in [2.24, 2.45) is 0 Å². The standard InChI is InChI=1S/C15H24N4O/c1-13(20)19(14-4-5-14)11-15-3-2-7-18(15)10-9-17-8-6-16-12-17/h6,8,12,14-15H,2-5,7,9-11H2,1H3/t15-/m1/s1. The Balaban J connectivity index is 1.53. The van der Waals surface area contributed by atoms with E-state index < -0.39 is 0 Å². The van der Waals surface area contributed by atoms with E-state index in [1.54, 1.807) is 6.92 Å². The zero-order valence-electron chi connectivity index (χ0n) is 12.2. The Labute approximate surface area is 120 Å². The van der Waals surface area contributed by atoms with Crippen LogP contribution in [0.5, 0.6) is 0 Å². The van der Waals surface area contributed by atoms with Crippen LogP contribution in [0.3, 0.4) is 0 Å². The Bertz CT molecular complexity index is 441. The third kappa shape index (κ3) is 3.20. The van der Waals surface area contributed by atoms with Gasteiger partial charge in [-0.3, -0.25) is 9.69 Å². The Morgan fingerprint density at radius 1 is 1.35 bits per heavy atom. The fraction of sp³-hybridized carbons (Fsp3) is 0.733. The van der Waals surface area contributed by atoms with E-state index in [-0.39, 0.29) is 5.91 Å². The zero-order valence-corrected chi connectivity index (χ0v) is 12.2. The van der Waals surface area contributed by atoms with Crippen LogP contribution in [0.25, 0.3) is 0 Å². The molecule has 5 heteroatoms. The second-order valence-electron chi connectivity index (χ2n) is 6.04. The molecular formula is C15H24N4O. The molecule has 1 aromatic heterocycles. The van der Waals surface area contributed by atoms with E-state index in [1.165, 1.54) is 25.7 Å². The van der Waals surface area contributed by atoms with Crippen LogP contribution in [0.2, 0.25) is 0 Å². The van der Waals surface area contributed by atoms with Crippen molar-refractivity contribution in [3.8, 4) is 0 Å². The molecular weight excluding hydrogens is 252 g/mol.